The molecule has 1 aromatic heterocycles. The summed E-state index contributed by atoms with van der Waals surface area (Å²) < 4.78 is 0. The van der Waals surface area contributed by atoms with Crippen molar-refractivity contribution in [2.45, 2.75) is 6.92 Å². The lowest BCUT2D eigenvalue weighted by molar-refractivity contribution is -0.127. The van der Waals surface area contributed by atoms with Gasteiger partial charge < -0.3 is 10.2 Å². The van der Waals surface area contributed by atoms with Crippen molar-refractivity contribution in [1.82, 2.24) is 9.88 Å². The van der Waals surface area contributed by atoms with Gasteiger partial charge in [-0.25, -0.2) is 4.98 Å². The van der Waals surface area contributed by atoms with E-state index in [4.69, 9.17) is 11.6 Å². The number of nitrogens with one attached hydrogen (secondary N) is 1. The average Bonchev–Trinajstić information content (AvgIpc) is 2.59. The number of halogens is 1. The number of carbonyl (C=O) groups excluding carboxylic acids is 1. The van der Waals surface area contributed by atoms with Crippen LogP contribution in [0.1, 0.15) is 6.92 Å². The van der Waals surface area contributed by atoms with Crippen molar-refractivity contribution in [2.75, 3.05) is 25.5 Å². The predicted octanol–water partition coefficient (Wildman–Crippen LogP) is 1.69. The molecule has 1 N–H and O–H groups in total. The van der Waals surface area contributed by atoms with Crippen LogP contribution < -0.4 is 5.32 Å². The van der Waals surface area contributed by atoms with Crippen LogP contribution in [0.5, 0.6) is 0 Å². The first kappa shape index (κ1) is 11.3. The second-order valence-corrected chi connectivity index (χ2v) is 3.98. The molecule has 78 valence electrons. The predicted molar refractivity (Wildman–Crippen MR) is 58.9 cm³/mol. The minimum absolute atomic E-state index is 0.0406. The molecule has 0 aromatic carbocycles. The quantitative estimate of drug-likeness (QED) is 0.861. The normalized spacial score (nSPS) is 9.93. The molecule has 0 unspecified atom stereocenters. The van der Waals surface area contributed by atoms with Gasteiger partial charge in [0, 0.05) is 19.0 Å². The molecule has 0 aliphatic heterocycles. The van der Waals surface area contributed by atoms with E-state index < -0.39 is 0 Å². The van der Waals surface area contributed by atoms with Gasteiger partial charge in [-0.1, -0.05) is 11.6 Å². The SMILES string of the molecule is CCN(C)C(=O)CNc1nc(Cl)cs1. The van der Waals surface area contributed by atoms with Gasteiger partial charge in [-0.05, 0) is 6.92 Å². The molecule has 0 spiro atoms. The summed E-state index contributed by atoms with van der Waals surface area (Å²) in [5.74, 6) is 0.0406. The lowest BCUT2D eigenvalue weighted by Crippen LogP contribution is -2.31. The molecule has 1 aromatic rings. The number of aromatic nitrogens is 1. The highest BCUT2D eigenvalue weighted by atomic mass is 35.5. The molecule has 0 aliphatic carbocycles. The van der Waals surface area contributed by atoms with Gasteiger partial charge in [0.1, 0.15) is 5.15 Å². The van der Waals surface area contributed by atoms with Gasteiger partial charge in [-0.3, -0.25) is 4.79 Å². The standard InChI is InChI=1S/C8H12ClN3OS/c1-3-12(2)7(13)4-10-8-11-6(9)5-14-8/h5H,3-4H2,1-2H3,(H,10,11). The third-order valence-corrected chi connectivity index (χ3v) is 2.89. The second-order valence-electron chi connectivity index (χ2n) is 2.74. The summed E-state index contributed by atoms with van der Waals surface area (Å²) in [7, 11) is 1.76. The highest BCUT2D eigenvalue weighted by Gasteiger charge is 2.06. The summed E-state index contributed by atoms with van der Waals surface area (Å²) >= 11 is 7.02. The van der Waals surface area contributed by atoms with Crippen LogP contribution in [0, 0.1) is 0 Å². The first-order chi connectivity index (χ1) is 6.63. The lowest BCUT2D eigenvalue weighted by Gasteiger charge is -2.14. The van der Waals surface area contributed by atoms with Crippen molar-refractivity contribution >= 4 is 34.0 Å². The van der Waals surface area contributed by atoms with Gasteiger partial charge in [0.15, 0.2) is 5.13 Å². The Morgan fingerprint density at radius 1 is 1.79 bits per heavy atom. The van der Waals surface area contributed by atoms with E-state index in [0.29, 0.717) is 16.8 Å². The molecule has 0 radical (unpaired) electrons. The zero-order valence-corrected chi connectivity index (χ0v) is 9.65. The van der Waals surface area contributed by atoms with Crippen LogP contribution in [-0.4, -0.2) is 35.9 Å². The average molecular weight is 234 g/mol. The summed E-state index contributed by atoms with van der Waals surface area (Å²) in [6.07, 6.45) is 0. The Hall–Kier alpha value is -0.810. The van der Waals surface area contributed by atoms with E-state index in [-0.39, 0.29) is 12.5 Å². The first-order valence-electron chi connectivity index (χ1n) is 4.22. The summed E-state index contributed by atoms with van der Waals surface area (Å²) in [6, 6.07) is 0. The summed E-state index contributed by atoms with van der Waals surface area (Å²) in [5.41, 5.74) is 0. The Morgan fingerprint density at radius 3 is 3.00 bits per heavy atom. The van der Waals surface area contributed by atoms with E-state index in [1.54, 1.807) is 17.3 Å². The lowest BCUT2D eigenvalue weighted by atomic mass is 10.5. The number of rotatable bonds is 4. The number of nitrogens with zero attached hydrogens (tertiary/aromatic N) is 2. The van der Waals surface area contributed by atoms with E-state index in [1.807, 2.05) is 6.92 Å². The molecular formula is C8H12ClN3OS. The van der Waals surface area contributed by atoms with Crippen molar-refractivity contribution in [1.29, 1.82) is 0 Å². The van der Waals surface area contributed by atoms with Crippen LogP contribution >= 0.6 is 22.9 Å². The Bertz CT molecular complexity index is 315. The molecule has 0 atom stereocenters. The topological polar surface area (TPSA) is 45.2 Å². The highest BCUT2D eigenvalue weighted by molar-refractivity contribution is 7.14. The highest BCUT2D eigenvalue weighted by Crippen LogP contribution is 2.18. The van der Waals surface area contributed by atoms with Crippen molar-refractivity contribution < 1.29 is 4.79 Å². The summed E-state index contributed by atoms with van der Waals surface area (Å²) in [5, 5.41) is 5.76. The zero-order valence-electron chi connectivity index (χ0n) is 8.08. The number of hydrogen-bond donors (Lipinski definition) is 1. The molecule has 4 nitrogen and oxygen atoms in total. The molecule has 0 fully saturated rings. The molecule has 1 heterocycles. The molecule has 0 bridgehead atoms. The first-order valence-corrected chi connectivity index (χ1v) is 5.48. The summed E-state index contributed by atoms with van der Waals surface area (Å²) in [6.45, 7) is 2.89. The van der Waals surface area contributed by atoms with Crippen molar-refractivity contribution in [3.8, 4) is 0 Å². The van der Waals surface area contributed by atoms with Gasteiger partial charge in [0.25, 0.3) is 0 Å². The van der Waals surface area contributed by atoms with E-state index in [0.717, 1.165) is 0 Å². The van der Waals surface area contributed by atoms with Crippen LogP contribution in [0.4, 0.5) is 5.13 Å². The largest absolute Gasteiger partial charge is 0.352 e. The van der Waals surface area contributed by atoms with Gasteiger partial charge in [-0.15, -0.1) is 11.3 Å². The van der Waals surface area contributed by atoms with Gasteiger partial charge >= 0.3 is 0 Å². The molecule has 0 aliphatic rings. The fourth-order valence-electron chi connectivity index (χ4n) is 0.798. The number of thiazole rings is 1. The fraction of sp³-hybridized carbons (Fsp3) is 0.500. The van der Waals surface area contributed by atoms with Crippen molar-refractivity contribution in [3.63, 3.8) is 0 Å². The smallest absolute Gasteiger partial charge is 0.241 e. The van der Waals surface area contributed by atoms with E-state index >= 15 is 0 Å². The van der Waals surface area contributed by atoms with Gasteiger partial charge in [0.05, 0.1) is 6.54 Å². The maximum Gasteiger partial charge on any atom is 0.241 e. The van der Waals surface area contributed by atoms with Gasteiger partial charge in [-0.2, -0.15) is 0 Å². The van der Waals surface area contributed by atoms with E-state index in [9.17, 15) is 4.79 Å². The fourth-order valence-corrected chi connectivity index (χ4v) is 1.63. The molecule has 0 saturated carbocycles. The number of anilines is 1. The van der Waals surface area contributed by atoms with Crippen LogP contribution in [-0.2, 0) is 4.79 Å². The monoisotopic (exact) mass is 233 g/mol. The third kappa shape index (κ3) is 3.16. The second kappa shape index (κ2) is 5.17. The van der Waals surface area contributed by atoms with Gasteiger partial charge in [0.2, 0.25) is 5.91 Å². The number of amides is 1. The number of hydrogen-bond acceptors (Lipinski definition) is 4. The summed E-state index contributed by atoms with van der Waals surface area (Å²) in [4.78, 5) is 17.0. The van der Waals surface area contributed by atoms with Crippen LogP contribution in [0.2, 0.25) is 5.15 Å². The molecule has 14 heavy (non-hydrogen) atoms. The van der Waals surface area contributed by atoms with Crippen molar-refractivity contribution in [2.24, 2.45) is 0 Å². The van der Waals surface area contributed by atoms with E-state index in [1.165, 1.54) is 11.3 Å². The maximum atomic E-state index is 11.4. The molecule has 0 saturated heterocycles. The van der Waals surface area contributed by atoms with Crippen molar-refractivity contribution in [3.05, 3.63) is 10.5 Å². The minimum atomic E-state index is 0.0406. The molecule has 1 rings (SSSR count). The van der Waals surface area contributed by atoms with E-state index in [2.05, 4.69) is 10.3 Å². The molecule has 6 heteroatoms. The van der Waals surface area contributed by atoms with Crippen LogP contribution in [0.3, 0.4) is 0 Å². The Labute approximate surface area is 91.9 Å². The number of carbonyl (C=O) groups is 1. The maximum absolute atomic E-state index is 11.4. The Kier molecular flexibility index (Phi) is 4.16. The van der Waals surface area contributed by atoms with Crippen LogP contribution in [0.25, 0.3) is 0 Å². The Morgan fingerprint density at radius 2 is 2.50 bits per heavy atom. The van der Waals surface area contributed by atoms with Crippen LogP contribution in [0.15, 0.2) is 5.38 Å². The zero-order chi connectivity index (χ0) is 10.6. The number of likely N-dealkylation sites (N-methyl/N-ethyl adjacent to an activating group) is 1. The molecule has 1 amide bonds. The minimum Gasteiger partial charge on any atom is -0.352 e. The Balaban J connectivity index is 2.37. The molecular weight excluding hydrogens is 222 g/mol. The third-order valence-electron chi connectivity index (χ3n) is 1.77.